The predicted molar refractivity (Wildman–Crippen MR) is 139 cm³/mol. The van der Waals surface area contributed by atoms with Crippen LogP contribution >= 0.6 is 0 Å². The van der Waals surface area contributed by atoms with Crippen molar-refractivity contribution in [1.29, 1.82) is 0 Å². The maximum Gasteiger partial charge on any atom is 0.261 e. The van der Waals surface area contributed by atoms with Gasteiger partial charge in [0.15, 0.2) is 0 Å². The Bertz CT molecular complexity index is 1570. The molecule has 2 aromatic carbocycles. The fourth-order valence-electron chi connectivity index (χ4n) is 5.43. The van der Waals surface area contributed by atoms with Gasteiger partial charge in [-0.25, -0.2) is 9.37 Å². The zero-order chi connectivity index (χ0) is 24.5. The van der Waals surface area contributed by atoms with E-state index in [1.165, 1.54) is 6.07 Å². The number of aromatic nitrogens is 2. The molecule has 0 aliphatic carbocycles. The second kappa shape index (κ2) is 9.70. The molecule has 0 unspecified atom stereocenters. The number of benzene rings is 2. The highest BCUT2D eigenvalue weighted by molar-refractivity contribution is 5.81. The Labute approximate surface area is 208 Å². The summed E-state index contributed by atoms with van der Waals surface area (Å²) in [5.74, 6) is 0.120. The first-order chi connectivity index (χ1) is 17.7. The van der Waals surface area contributed by atoms with Crippen molar-refractivity contribution < 1.29 is 8.81 Å². The Morgan fingerprint density at radius 3 is 2.64 bits per heavy atom. The molecule has 6 heteroatoms. The minimum Gasteiger partial charge on any atom is -0.464 e. The van der Waals surface area contributed by atoms with Crippen LogP contribution in [0.25, 0.3) is 16.6 Å². The number of hydrogen-bond acceptors (Lipinski definition) is 4. The van der Waals surface area contributed by atoms with Crippen molar-refractivity contribution in [3.63, 3.8) is 0 Å². The lowest BCUT2D eigenvalue weighted by Crippen LogP contribution is -2.35. The summed E-state index contributed by atoms with van der Waals surface area (Å²) in [4.78, 5) is 20.7. The summed E-state index contributed by atoms with van der Waals surface area (Å²) in [6.45, 7) is 2.68. The zero-order valence-corrected chi connectivity index (χ0v) is 20.1. The van der Waals surface area contributed by atoms with E-state index in [9.17, 15) is 9.18 Å². The summed E-state index contributed by atoms with van der Waals surface area (Å²) in [6, 6.07) is 20.6. The Morgan fingerprint density at radius 1 is 1.00 bits per heavy atom. The van der Waals surface area contributed by atoms with Crippen LogP contribution < -0.4 is 5.56 Å². The van der Waals surface area contributed by atoms with Gasteiger partial charge in [-0.3, -0.25) is 9.20 Å². The van der Waals surface area contributed by atoms with Crippen LogP contribution in [0.15, 0.2) is 88.4 Å². The van der Waals surface area contributed by atoms with E-state index in [2.05, 4.69) is 17.0 Å². The smallest absolute Gasteiger partial charge is 0.261 e. The summed E-state index contributed by atoms with van der Waals surface area (Å²) in [6.07, 6.45) is 6.86. The van der Waals surface area contributed by atoms with E-state index >= 15 is 0 Å². The second-order valence-corrected chi connectivity index (χ2v) is 9.63. The summed E-state index contributed by atoms with van der Waals surface area (Å²) in [7, 11) is 0. The van der Waals surface area contributed by atoms with E-state index < -0.39 is 0 Å². The molecular formula is C30H28FN3O2. The van der Waals surface area contributed by atoms with Gasteiger partial charge in [-0.05, 0) is 74.2 Å². The van der Waals surface area contributed by atoms with Gasteiger partial charge in [0.05, 0.1) is 12.0 Å². The molecule has 0 spiro atoms. The highest BCUT2D eigenvalue weighted by Crippen LogP contribution is 2.34. The topological polar surface area (TPSA) is 50.8 Å². The van der Waals surface area contributed by atoms with Crippen molar-refractivity contribution in [2.24, 2.45) is 0 Å². The van der Waals surface area contributed by atoms with Crippen LogP contribution in [0.2, 0.25) is 0 Å². The Kier molecular flexibility index (Phi) is 6.11. The number of piperidine rings is 1. The van der Waals surface area contributed by atoms with Gasteiger partial charge in [0.1, 0.15) is 17.0 Å². The SMILES string of the molecule is O=c1c(CCN2CCC(c3coc4ccc(F)cc34)CC2)c(Cc2ccccc2)nc2ccccn12. The van der Waals surface area contributed by atoms with Crippen molar-refractivity contribution in [1.82, 2.24) is 14.3 Å². The molecule has 0 amide bonds. The quantitative estimate of drug-likeness (QED) is 0.317. The first-order valence-electron chi connectivity index (χ1n) is 12.6. The number of fused-ring (bicyclic) bond motifs is 2. The van der Waals surface area contributed by atoms with E-state index in [0.29, 0.717) is 24.4 Å². The summed E-state index contributed by atoms with van der Waals surface area (Å²) >= 11 is 0. The van der Waals surface area contributed by atoms with Crippen LogP contribution in [0.4, 0.5) is 4.39 Å². The third-order valence-corrected chi connectivity index (χ3v) is 7.40. The normalized spacial score (nSPS) is 15.1. The fraction of sp³-hybridized carbons (Fsp3) is 0.267. The third kappa shape index (κ3) is 4.44. The van der Waals surface area contributed by atoms with Gasteiger partial charge < -0.3 is 9.32 Å². The van der Waals surface area contributed by atoms with E-state index in [0.717, 1.165) is 65.8 Å². The van der Waals surface area contributed by atoms with Crippen LogP contribution in [0.5, 0.6) is 0 Å². The number of pyridine rings is 1. The molecule has 0 N–H and O–H groups in total. The fourth-order valence-corrected chi connectivity index (χ4v) is 5.43. The van der Waals surface area contributed by atoms with E-state index in [1.54, 1.807) is 29.0 Å². The van der Waals surface area contributed by atoms with Crippen molar-refractivity contribution in [2.45, 2.75) is 31.6 Å². The molecule has 3 aromatic heterocycles. The molecule has 182 valence electrons. The maximum atomic E-state index is 13.8. The Hall–Kier alpha value is -3.77. The molecule has 5 nitrogen and oxygen atoms in total. The van der Waals surface area contributed by atoms with Gasteiger partial charge in [0.2, 0.25) is 0 Å². The van der Waals surface area contributed by atoms with Gasteiger partial charge >= 0.3 is 0 Å². The average molecular weight is 482 g/mol. The van der Waals surface area contributed by atoms with Gasteiger partial charge in [0.25, 0.3) is 5.56 Å². The zero-order valence-electron chi connectivity index (χ0n) is 20.1. The lowest BCUT2D eigenvalue weighted by atomic mass is 9.89. The first kappa shape index (κ1) is 22.7. The molecule has 0 radical (unpaired) electrons. The molecule has 1 aliphatic rings. The highest BCUT2D eigenvalue weighted by Gasteiger charge is 2.24. The standard InChI is InChI=1S/C30H28FN3O2/c31-23-9-10-28-25(19-23)26(20-36-28)22-11-15-33(16-12-22)17-13-24-27(18-21-6-2-1-3-7-21)32-29-8-4-5-14-34(29)30(24)35/h1-10,14,19-20,22H,11-13,15-18H2. The van der Waals surface area contributed by atoms with Gasteiger partial charge in [-0.1, -0.05) is 36.4 Å². The molecule has 0 saturated carbocycles. The first-order valence-corrected chi connectivity index (χ1v) is 12.6. The van der Waals surface area contributed by atoms with E-state index in [-0.39, 0.29) is 11.4 Å². The molecule has 36 heavy (non-hydrogen) atoms. The lowest BCUT2D eigenvalue weighted by molar-refractivity contribution is 0.214. The third-order valence-electron chi connectivity index (χ3n) is 7.40. The monoisotopic (exact) mass is 481 g/mol. The van der Waals surface area contributed by atoms with Crippen molar-refractivity contribution in [3.8, 4) is 0 Å². The number of furan rings is 1. The lowest BCUT2D eigenvalue weighted by Gasteiger charge is -2.31. The van der Waals surface area contributed by atoms with Crippen LogP contribution in [0.3, 0.4) is 0 Å². The highest BCUT2D eigenvalue weighted by atomic mass is 19.1. The van der Waals surface area contributed by atoms with Gasteiger partial charge in [-0.2, -0.15) is 0 Å². The van der Waals surface area contributed by atoms with Crippen molar-refractivity contribution in [3.05, 3.63) is 118 Å². The molecule has 1 aliphatic heterocycles. The largest absolute Gasteiger partial charge is 0.464 e. The van der Waals surface area contributed by atoms with Gasteiger partial charge in [-0.15, -0.1) is 0 Å². The molecule has 1 fully saturated rings. The Balaban J connectivity index is 1.19. The number of nitrogens with zero attached hydrogens (tertiary/aromatic N) is 3. The number of hydrogen-bond donors (Lipinski definition) is 0. The number of likely N-dealkylation sites (tertiary alicyclic amines) is 1. The van der Waals surface area contributed by atoms with Crippen molar-refractivity contribution >= 4 is 16.6 Å². The molecule has 1 saturated heterocycles. The second-order valence-electron chi connectivity index (χ2n) is 9.63. The van der Waals surface area contributed by atoms with Crippen LogP contribution in [0, 0.1) is 5.82 Å². The molecule has 6 rings (SSSR count). The van der Waals surface area contributed by atoms with Crippen LogP contribution in [0.1, 0.15) is 41.1 Å². The summed E-state index contributed by atoms with van der Waals surface area (Å²) < 4.78 is 21.1. The molecule has 0 atom stereocenters. The van der Waals surface area contributed by atoms with Crippen LogP contribution in [-0.4, -0.2) is 33.9 Å². The number of halogens is 1. The number of rotatable bonds is 6. The Morgan fingerprint density at radius 2 is 1.81 bits per heavy atom. The van der Waals surface area contributed by atoms with Crippen molar-refractivity contribution in [2.75, 3.05) is 19.6 Å². The van der Waals surface area contributed by atoms with Crippen LogP contribution in [-0.2, 0) is 12.8 Å². The van der Waals surface area contributed by atoms with Gasteiger partial charge in [0, 0.05) is 35.7 Å². The molecule has 4 heterocycles. The molecule has 5 aromatic rings. The summed E-state index contributed by atoms with van der Waals surface area (Å²) in [5.41, 5.74) is 5.35. The molecule has 0 bridgehead atoms. The molecular weight excluding hydrogens is 453 g/mol. The summed E-state index contributed by atoms with van der Waals surface area (Å²) in [5, 5.41) is 0.884. The van der Waals surface area contributed by atoms with E-state index in [1.807, 2.05) is 36.4 Å². The minimum atomic E-state index is -0.232. The average Bonchev–Trinajstić information content (AvgIpc) is 3.32. The minimum absolute atomic E-state index is 0.0216. The van der Waals surface area contributed by atoms with E-state index in [4.69, 9.17) is 9.40 Å². The predicted octanol–water partition coefficient (Wildman–Crippen LogP) is 5.59. The maximum absolute atomic E-state index is 13.8.